The van der Waals surface area contributed by atoms with Crippen molar-refractivity contribution >= 4 is 28.6 Å². The molecule has 0 saturated heterocycles. The fraction of sp³-hybridized carbons (Fsp3) is 0.130. The van der Waals surface area contributed by atoms with Crippen molar-refractivity contribution in [3.05, 3.63) is 71.8 Å². The third-order valence-corrected chi connectivity index (χ3v) is 5.06. The minimum Gasteiger partial charge on any atom is -0.382 e. The monoisotopic (exact) mass is 424 g/mol. The molecule has 4 aromatic rings. The van der Waals surface area contributed by atoms with Crippen molar-refractivity contribution in [3.8, 4) is 17.2 Å². The van der Waals surface area contributed by atoms with E-state index >= 15 is 0 Å². The molecule has 1 atom stereocenters. The maximum Gasteiger partial charge on any atom is 0.252 e. The summed E-state index contributed by atoms with van der Waals surface area (Å²) in [6.07, 6.45) is 2.92. The number of benzene rings is 1. The molecule has 0 spiro atoms. The highest BCUT2D eigenvalue weighted by molar-refractivity contribution is 6.11. The lowest BCUT2D eigenvalue weighted by molar-refractivity contribution is 0.0965. The molecule has 0 saturated carbocycles. The van der Waals surface area contributed by atoms with Gasteiger partial charge in [-0.1, -0.05) is 30.3 Å². The molecule has 158 valence electrons. The van der Waals surface area contributed by atoms with Crippen molar-refractivity contribution < 1.29 is 4.79 Å². The predicted molar refractivity (Wildman–Crippen MR) is 122 cm³/mol. The quantitative estimate of drug-likeness (QED) is 0.444. The van der Waals surface area contributed by atoms with Gasteiger partial charge in [-0.25, -0.2) is 19.9 Å². The summed E-state index contributed by atoms with van der Waals surface area (Å²) in [7, 11) is 1.59. The van der Waals surface area contributed by atoms with Crippen LogP contribution in [0.3, 0.4) is 0 Å². The molecule has 0 aliphatic heterocycles. The predicted octanol–water partition coefficient (Wildman–Crippen LogP) is 3.07. The summed E-state index contributed by atoms with van der Waals surface area (Å²) in [5.41, 5.74) is 8.98. The van der Waals surface area contributed by atoms with Crippen molar-refractivity contribution in [2.45, 2.75) is 13.0 Å². The molecule has 1 unspecified atom stereocenters. The summed E-state index contributed by atoms with van der Waals surface area (Å²) >= 11 is 0. The first kappa shape index (κ1) is 20.7. The van der Waals surface area contributed by atoms with Crippen molar-refractivity contribution in [1.29, 1.82) is 5.26 Å². The van der Waals surface area contributed by atoms with Gasteiger partial charge in [-0.15, -0.1) is 0 Å². The minimum absolute atomic E-state index is 0.0830. The molecule has 0 aliphatic carbocycles. The zero-order chi connectivity index (χ0) is 22.7. The Labute approximate surface area is 184 Å². The third kappa shape index (κ3) is 3.65. The van der Waals surface area contributed by atoms with Crippen LogP contribution in [0.4, 0.5) is 11.6 Å². The normalized spacial score (nSPS) is 11.5. The summed E-state index contributed by atoms with van der Waals surface area (Å²) in [6.45, 7) is 1.87. The highest BCUT2D eigenvalue weighted by atomic mass is 16.1. The molecule has 0 fully saturated rings. The van der Waals surface area contributed by atoms with Crippen molar-refractivity contribution in [2.75, 3.05) is 18.1 Å². The average molecular weight is 424 g/mol. The number of nitrogens with one attached hydrogen (secondary N) is 2. The van der Waals surface area contributed by atoms with Gasteiger partial charge in [-0.3, -0.25) is 4.79 Å². The zero-order valence-corrected chi connectivity index (χ0v) is 17.5. The van der Waals surface area contributed by atoms with E-state index in [9.17, 15) is 10.1 Å². The number of hydrogen-bond donors (Lipinski definition) is 3. The van der Waals surface area contributed by atoms with E-state index in [4.69, 9.17) is 10.7 Å². The summed E-state index contributed by atoms with van der Waals surface area (Å²) in [5.74, 6) is 0.122. The molecule has 1 amide bonds. The van der Waals surface area contributed by atoms with E-state index in [1.165, 1.54) is 6.33 Å². The highest BCUT2D eigenvalue weighted by Gasteiger charge is 2.25. The number of nitrogens with zero attached hydrogens (tertiary/aromatic N) is 5. The van der Waals surface area contributed by atoms with Crippen LogP contribution < -0.4 is 16.4 Å². The van der Waals surface area contributed by atoms with Crippen LogP contribution in [0.25, 0.3) is 22.2 Å². The Morgan fingerprint density at radius 1 is 1.12 bits per heavy atom. The van der Waals surface area contributed by atoms with Crippen LogP contribution in [0.2, 0.25) is 0 Å². The second-order valence-electron chi connectivity index (χ2n) is 7.03. The van der Waals surface area contributed by atoms with Gasteiger partial charge in [0.2, 0.25) is 0 Å². The number of carbonyl (C=O) groups excluding carboxylic acids is 1. The van der Waals surface area contributed by atoms with Crippen LogP contribution in [0.1, 0.15) is 34.6 Å². The molecule has 4 rings (SSSR count). The van der Waals surface area contributed by atoms with Crippen LogP contribution in [-0.2, 0) is 0 Å². The topological polar surface area (TPSA) is 142 Å². The standard InChI is InChI=1S/C23H20N8O/c1-13(30-22-16(11-24)20(25)28-12-29-22)19-17(14-7-4-3-5-8-14)18(23(32)26-2)15-9-6-10-27-21(15)31-19/h3-10,12-13H,1-2H3,(H,26,32)(H3,25,28,29,30). The molecular weight excluding hydrogens is 404 g/mol. The largest absolute Gasteiger partial charge is 0.382 e. The van der Waals surface area contributed by atoms with Gasteiger partial charge in [-0.05, 0) is 24.6 Å². The summed E-state index contributed by atoms with van der Waals surface area (Å²) in [5, 5.41) is 16.1. The van der Waals surface area contributed by atoms with Gasteiger partial charge in [0.15, 0.2) is 5.65 Å². The molecule has 1 aromatic carbocycles. The summed E-state index contributed by atoms with van der Waals surface area (Å²) < 4.78 is 0. The van der Waals surface area contributed by atoms with Crippen LogP contribution in [0, 0.1) is 11.3 Å². The molecule has 32 heavy (non-hydrogen) atoms. The number of amides is 1. The Hall–Kier alpha value is -4.58. The highest BCUT2D eigenvalue weighted by Crippen LogP contribution is 2.36. The van der Waals surface area contributed by atoms with Gasteiger partial charge in [0.1, 0.15) is 29.6 Å². The maximum atomic E-state index is 13.0. The lowest BCUT2D eigenvalue weighted by atomic mass is 9.92. The SMILES string of the molecule is CNC(=O)c1c(-c2ccccc2)c(C(C)Nc2ncnc(N)c2C#N)nc2ncccc12. The molecule has 4 N–H and O–H groups in total. The number of nitrogen functional groups attached to an aromatic ring is 1. The van der Waals surface area contributed by atoms with Gasteiger partial charge in [0.05, 0.1) is 17.3 Å². The Balaban J connectivity index is 1.97. The Morgan fingerprint density at radius 2 is 1.91 bits per heavy atom. The smallest absolute Gasteiger partial charge is 0.252 e. The van der Waals surface area contributed by atoms with Crippen LogP contribution >= 0.6 is 0 Å². The van der Waals surface area contributed by atoms with Crippen molar-refractivity contribution in [3.63, 3.8) is 0 Å². The lowest BCUT2D eigenvalue weighted by Gasteiger charge is -2.22. The number of hydrogen-bond acceptors (Lipinski definition) is 8. The molecule has 9 nitrogen and oxygen atoms in total. The number of rotatable bonds is 5. The summed E-state index contributed by atoms with van der Waals surface area (Å²) in [4.78, 5) is 30.2. The fourth-order valence-corrected chi connectivity index (χ4v) is 3.58. The molecule has 0 aliphatic rings. The van der Waals surface area contributed by atoms with Gasteiger partial charge in [0.25, 0.3) is 5.91 Å². The fourth-order valence-electron chi connectivity index (χ4n) is 3.58. The van der Waals surface area contributed by atoms with E-state index in [0.29, 0.717) is 27.9 Å². The van der Waals surface area contributed by atoms with E-state index in [-0.39, 0.29) is 23.1 Å². The van der Waals surface area contributed by atoms with Gasteiger partial charge in [-0.2, -0.15) is 5.26 Å². The minimum atomic E-state index is -0.443. The van der Waals surface area contributed by atoms with Gasteiger partial charge in [0, 0.05) is 24.2 Å². The van der Waals surface area contributed by atoms with E-state index in [2.05, 4.69) is 25.6 Å². The third-order valence-electron chi connectivity index (χ3n) is 5.06. The number of aromatic nitrogens is 4. The first-order valence-electron chi connectivity index (χ1n) is 9.88. The molecule has 3 aromatic heterocycles. The maximum absolute atomic E-state index is 13.0. The van der Waals surface area contributed by atoms with E-state index < -0.39 is 6.04 Å². The average Bonchev–Trinajstić information content (AvgIpc) is 2.83. The van der Waals surface area contributed by atoms with Crippen LogP contribution in [-0.4, -0.2) is 32.9 Å². The number of fused-ring (bicyclic) bond motifs is 1. The molecule has 3 heterocycles. The second kappa shape index (κ2) is 8.65. The number of nitrogens with two attached hydrogens (primary N) is 1. The number of pyridine rings is 2. The molecule has 0 bridgehead atoms. The van der Waals surface area contributed by atoms with E-state index in [0.717, 1.165) is 5.56 Å². The first-order chi connectivity index (χ1) is 15.5. The number of carbonyl (C=O) groups is 1. The van der Waals surface area contributed by atoms with Crippen molar-refractivity contribution in [1.82, 2.24) is 25.3 Å². The van der Waals surface area contributed by atoms with E-state index in [1.807, 2.05) is 49.4 Å². The Bertz CT molecular complexity index is 1350. The van der Waals surface area contributed by atoms with E-state index in [1.54, 1.807) is 19.3 Å². The first-order valence-corrected chi connectivity index (χ1v) is 9.88. The Morgan fingerprint density at radius 3 is 2.62 bits per heavy atom. The number of nitriles is 1. The number of anilines is 2. The summed E-state index contributed by atoms with van der Waals surface area (Å²) in [6, 6.07) is 14.7. The molecule has 0 radical (unpaired) electrons. The lowest BCUT2D eigenvalue weighted by Crippen LogP contribution is -2.22. The van der Waals surface area contributed by atoms with Gasteiger partial charge < -0.3 is 16.4 Å². The molecular formula is C23H20N8O. The van der Waals surface area contributed by atoms with Crippen LogP contribution in [0.15, 0.2) is 55.0 Å². The molecule has 9 heteroatoms. The Kier molecular flexibility index (Phi) is 5.59. The second-order valence-corrected chi connectivity index (χ2v) is 7.03. The van der Waals surface area contributed by atoms with Gasteiger partial charge >= 0.3 is 0 Å². The van der Waals surface area contributed by atoms with Crippen molar-refractivity contribution in [2.24, 2.45) is 0 Å². The zero-order valence-electron chi connectivity index (χ0n) is 17.5. The van der Waals surface area contributed by atoms with Crippen LogP contribution in [0.5, 0.6) is 0 Å².